The van der Waals surface area contributed by atoms with Gasteiger partial charge >= 0.3 is 0 Å². The van der Waals surface area contributed by atoms with Gasteiger partial charge in [-0.25, -0.2) is 15.0 Å². The Labute approximate surface area is 169 Å². The van der Waals surface area contributed by atoms with Gasteiger partial charge in [-0.3, -0.25) is 9.36 Å². The minimum absolute atomic E-state index is 0.211. The number of hydrogen-bond acceptors (Lipinski definition) is 7. The number of hydrogen-bond donors (Lipinski definition) is 2. The van der Waals surface area contributed by atoms with Crippen LogP contribution in [-0.4, -0.2) is 52.7 Å². The van der Waals surface area contributed by atoms with E-state index in [2.05, 4.69) is 25.6 Å². The SMILES string of the molecule is COc1cc(OC)cc(C(=O)NCCNc2cc(-n3cnc(C)c3C)ncn2)c1. The zero-order chi connectivity index (χ0) is 20.8. The summed E-state index contributed by atoms with van der Waals surface area (Å²) >= 11 is 0. The summed E-state index contributed by atoms with van der Waals surface area (Å²) in [7, 11) is 3.09. The van der Waals surface area contributed by atoms with E-state index < -0.39 is 0 Å². The Kier molecular flexibility index (Phi) is 6.28. The lowest BCUT2D eigenvalue weighted by Gasteiger charge is -2.11. The molecule has 1 aromatic carbocycles. The lowest BCUT2D eigenvalue weighted by Crippen LogP contribution is -2.29. The zero-order valence-corrected chi connectivity index (χ0v) is 16.9. The largest absolute Gasteiger partial charge is 0.497 e. The van der Waals surface area contributed by atoms with Crippen LogP contribution in [0.5, 0.6) is 11.5 Å². The summed E-state index contributed by atoms with van der Waals surface area (Å²) in [5.74, 6) is 2.31. The first kappa shape index (κ1) is 20.1. The molecule has 0 aliphatic carbocycles. The number of carbonyl (C=O) groups is 1. The Bertz CT molecular complexity index is 979. The van der Waals surface area contributed by atoms with Crippen molar-refractivity contribution in [2.45, 2.75) is 13.8 Å². The van der Waals surface area contributed by atoms with Crippen LogP contribution >= 0.6 is 0 Å². The molecule has 152 valence electrons. The first-order chi connectivity index (χ1) is 14.0. The van der Waals surface area contributed by atoms with E-state index in [4.69, 9.17) is 9.47 Å². The minimum atomic E-state index is -0.211. The van der Waals surface area contributed by atoms with Crippen molar-refractivity contribution in [3.63, 3.8) is 0 Å². The first-order valence-electron chi connectivity index (χ1n) is 9.10. The average molecular weight is 396 g/mol. The highest BCUT2D eigenvalue weighted by atomic mass is 16.5. The Hall–Kier alpha value is -3.62. The molecule has 0 aliphatic heterocycles. The molecule has 0 radical (unpaired) electrons. The third-order valence-electron chi connectivity index (χ3n) is 4.48. The van der Waals surface area contributed by atoms with Crippen molar-refractivity contribution in [1.29, 1.82) is 0 Å². The Balaban J connectivity index is 1.56. The second kappa shape index (κ2) is 9.05. The minimum Gasteiger partial charge on any atom is -0.497 e. The summed E-state index contributed by atoms with van der Waals surface area (Å²) < 4.78 is 12.3. The van der Waals surface area contributed by atoms with Gasteiger partial charge in [0.1, 0.15) is 35.8 Å². The molecule has 0 atom stereocenters. The van der Waals surface area contributed by atoms with E-state index in [9.17, 15) is 4.79 Å². The second-order valence-electron chi connectivity index (χ2n) is 6.33. The van der Waals surface area contributed by atoms with Crippen LogP contribution in [0.15, 0.2) is 36.9 Å². The number of anilines is 1. The average Bonchev–Trinajstić information content (AvgIpc) is 3.09. The Morgan fingerprint density at radius 1 is 1.00 bits per heavy atom. The fourth-order valence-electron chi connectivity index (χ4n) is 2.71. The molecule has 0 unspecified atom stereocenters. The summed E-state index contributed by atoms with van der Waals surface area (Å²) in [5, 5.41) is 6.04. The molecule has 3 aromatic rings. The van der Waals surface area contributed by atoms with E-state index in [0.717, 1.165) is 17.2 Å². The number of rotatable bonds is 8. The molecule has 1 amide bonds. The van der Waals surface area contributed by atoms with Crippen molar-refractivity contribution in [1.82, 2.24) is 24.8 Å². The van der Waals surface area contributed by atoms with Crippen molar-refractivity contribution in [3.05, 3.63) is 53.9 Å². The van der Waals surface area contributed by atoms with Gasteiger partial charge < -0.3 is 20.1 Å². The molecule has 0 aliphatic rings. The summed E-state index contributed by atoms with van der Waals surface area (Å²) in [6.07, 6.45) is 3.23. The Morgan fingerprint density at radius 2 is 1.72 bits per heavy atom. The van der Waals surface area contributed by atoms with Crippen LogP contribution in [0.25, 0.3) is 5.82 Å². The summed E-state index contributed by atoms with van der Waals surface area (Å²) in [5.41, 5.74) is 2.45. The number of benzene rings is 1. The van der Waals surface area contributed by atoms with Gasteiger partial charge in [-0.15, -0.1) is 0 Å². The lowest BCUT2D eigenvalue weighted by molar-refractivity contribution is 0.0954. The molecule has 0 bridgehead atoms. The number of methoxy groups -OCH3 is 2. The standard InChI is InChI=1S/C20H24N6O3/c1-13-14(2)26(12-25-13)19-10-18(23-11-24-19)21-5-6-22-20(27)15-7-16(28-3)9-17(8-15)29-4/h7-12H,5-6H2,1-4H3,(H,22,27)(H,21,23,24). The third kappa shape index (κ3) is 4.81. The maximum Gasteiger partial charge on any atom is 0.251 e. The Morgan fingerprint density at radius 3 is 2.34 bits per heavy atom. The quantitative estimate of drug-likeness (QED) is 0.562. The first-order valence-corrected chi connectivity index (χ1v) is 9.10. The topological polar surface area (TPSA) is 103 Å². The van der Waals surface area contributed by atoms with Crippen LogP contribution < -0.4 is 20.1 Å². The van der Waals surface area contributed by atoms with Crippen molar-refractivity contribution in [3.8, 4) is 17.3 Å². The number of aromatic nitrogens is 4. The summed E-state index contributed by atoms with van der Waals surface area (Å²) in [6, 6.07) is 6.88. The molecular weight excluding hydrogens is 372 g/mol. The maximum atomic E-state index is 12.4. The summed E-state index contributed by atoms with van der Waals surface area (Å²) in [6.45, 7) is 4.86. The van der Waals surface area contributed by atoms with Gasteiger partial charge in [0.05, 0.1) is 19.9 Å². The molecule has 2 heterocycles. The summed E-state index contributed by atoms with van der Waals surface area (Å²) in [4.78, 5) is 25.2. The molecule has 0 saturated heterocycles. The van der Waals surface area contributed by atoms with Crippen LogP contribution in [0.2, 0.25) is 0 Å². The molecule has 0 fully saturated rings. The van der Waals surface area contributed by atoms with E-state index in [0.29, 0.717) is 36.0 Å². The number of amides is 1. The molecule has 29 heavy (non-hydrogen) atoms. The van der Waals surface area contributed by atoms with E-state index >= 15 is 0 Å². The lowest BCUT2D eigenvalue weighted by atomic mass is 10.2. The van der Waals surface area contributed by atoms with Gasteiger partial charge in [0.2, 0.25) is 0 Å². The molecule has 2 N–H and O–H groups in total. The number of nitrogens with one attached hydrogen (secondary N) is 2. The molecular formula is C20H24N6O3. The van der Waals surface area contributed by atoms with Crippen LogP contribution in [0, 0.1) is 13.8 Å². The van der Waals surface area contributed by atoms with E-state index in [1.807, 2.05) is 24.5 Å². The van der Waals surface area contributed by atoms with Crippen LogP contribution in [0.1, 0.15) is 21.7 Å². The van der Waals surface area contributed by atoms with Crippen LogP contribution in [-0.2, 0) is 0 Å². The van der Waals surface area contributed by atoms with E-state index in [1.54, 1.807) is 38.7 Å². The molecule has 0 saturated carbocycles. The third-order valence-corrected chi connectivity index (χ3v) is 4.48. The highest BCUT2D eigenvalue weighted by Crippen LogP contribution is 2.22. The number of nitrogens with zero attached hydrogens (tertiary/aromatic N) is 4. The van der Waals surface area contributed by atoms with Crippen molar-refractivity contribution in [2.75, 3.05) is 32.6 Å². The van der Waals surface area contributed by atoms with Crippen molar-refractivity contribution < 1.29 is 14.3 Å². The number of aryl methyl sites for hydroxylation is 1. The van der Waals surface area contributed by atoms with Gasteiger partial charge in [0.15, 0.2) is 0 Å². The zero-order valence-electron chi connectivity index (χ0n) is 16.9. The smallest absolute Gasteiger partial charge is 0.251 e. The normalized spacial score (nSPS) is 10.5. The second-order valence-corrected chi connectivity index (χ2v) is 6.33. The highest BCUT2D eigenvalue weighted by Gasteiger charge is 2.10. The number of imidazole rings is 1. The van der Waals surface area contributed by atoms with Crippen LogP contribution in [0.3, 0.4) is 0 Å². The van der Waals surface area contributed by atoms with Gasteiger partial charge in [-0.1, -0.05) is 0 Å². The van der Waals surface area contributed by atoms with E-state index in [-0.39, 0.29) is 5.91 Å². The van der Waals surface area contributed by atoms with Crippen molar-refractivity contribution >= 4 is 11.7 Å². The maximum absolute atomic E-state index is 12.4. The molecule has 0 spiro atoms. The molecule has 3 rings (SSSR count). The predicted molar refractivity (Wildman–Crippen MR) is 109 cm³/mol. The van der Waals surface area contributed by atoms with Gasteiger partial charge in [-0.2, -0.15) is 0 Å². The van der Waals surface area contributed by atoms with Crippen LogP contribution in [0.4, 0.5) is 5.82 Å². The molecule has 9 nitrogen and oxygen atoms in total. The predicted octanol–water partition coefficient (Wildman–Crippen LogP) is 2.14. The monoisotopic (exact) mass is 396 g/mol. The molecule has 9 heteroatoms. The fraction of sp³-hybridized carbons (Fsp3) is 0.300. The van der Waals surface area contributed by atoms with Gasteiger partial charge in [0.25, 0.3) is 5.91 Å². The molecule has 2 aromatic heterocycles. The van der Waals surface area contributed by atoms with Gasteiger partial charge in [-0.05, 0) is 26.0 Å². The van der Waals surface area contributed by atoms with E-state index in [1.165, 1.54) is 6.33 Å². The number of carbonyl (C=O) groups excluding carboxylic acids is 1. The highest BCUT2D eigenvalue weighted by molar-refractivity contribution is 5.95. The fourth-order valence-corrected chi connectivity index (χ4v) is 2.71. The number of ether oxygens (including phenoxy) is 2. The van der Waals surface area contributed by atoms with Gasteiger partial charge in [0, 0.05) is 36.5 Å². The van der Waals surface area contributed by atoms with Crippen molar-refractivity contribution in [2.24, 2.45) is 0 Å².